The number of carbonyl (C=O) groups is 1. The molecule has 0 radical (unpaired) electrons. The Kier molecular flexibility index (Phi) is 3.19. The summed E-state index contributed by atoms with van der Waals surface area (Å²) in [5.74, 6) is -0.639. The van der Waals surface area contributed by atoms with Gasteiger partial charge >= 0.3 is 5.97 Å². The van der Waals surface area contributed by atoms with Crippen molar-refractivity contribution < 1.29 is 14.6 Å². The van der Waals surface area contributed by atoms with Crippen molar-refractivity contribution in [3.63, 3.8) is 0 Å². The summed E-state index contributed by atoms with van der Waals surface area (Å²) in [5, 5.41) is 8.85. The van der Waals surface area contributed by atoms with Gasteiger partial charge in [0.15, 0.2) is 0 Å². The van der Waals surface area contributed by atoms with Crippen molar-refractivity contribution in [1.29, 1.82) is 0 Å². The molecule has 0 saturated heterocycles. The summed E-state index contributed by atoms with van der Waals surface area (Å²) in [6.07, 6.45) is -1.14. The number of aliphatic hydroxyl groups is 1. The molecule has 0 aromatic heterocycles. The van der Waals surface area contributed by atoms with Gasteiger partial charge in [-0.2, -0.15) is 0 Å². The van der Waals surface area contributed by atoms with Crippen molar-refractivity contribution in [2.45, 2.75) is 6.23 Å². The molecule has 0 aliphatic rings. The number of aliphatic hydroxyl groups excluding tert-OH is 1. The van der Waals surface area contributed by atoms with Crippen molar-refractivity contribution in [3.8, 4) is 0 Å². The molecule has 0 heterocycles. The van der Waals surface area contributed by atoms with E-state index in [4.69, 9.17) is 5.11 Å². The van der Waals surface area contributed by atoms with Gasteiger partial charge in [0.25, 0.3) is 0 Å². The van der Waals surface area contributed by atoms with Crippen LogP contribution in [0.25, 0.3) is 0 Å². The number of carbonyl (C=O) groups excluding carboxylic acids is 1. The molecular weight excluding hydrogens is 122 g/mol. The molecule has 1 N–H and O–H groups in total. The summed E-state index contributed by atoms with van der Waals surface area (Å²) in [6, 6.07) is 0. The van der Waals surface area contributed by atoms with Crippen molar-refractivity contribution >= 4 is 5.97 Å². The first-order chi connectivity index (χ1) is 4.09. The minimum atomic E-state index is -1.14. The van der Waals surface area contributed by atoms with Gasteiger partial charge in [-0.15, -0.1) is 0 Å². The van der Waals surface area contributed by atoms with Gasteiger partial charge in [-0.25, -0.2) is 4.79 Å². The standard InChI is InChI=1S/C5H11NO3/c1-6(2)4(7)5(8)9-3/h4,7H,1-3H3. The maximum atomic E-state index is 10.4. The first-order valence-electron chi connectivity index (χ1n) is 2.52. The van der Waals surface area contributed by atoms with Crippen LogP contribution in [0, 0.1) is 0 Å². The number of likely N-dealkylation sites (N-methyl/N-ethyl adjacent to an activating group) is 1. The molecule has 0 bridgehead atoms. The van der Waals surface area contributed by atoms with Crippen LogP contribution in [0.15, 0.2) is 0 Å². The fourth-order valence-electron chi connectivity index (χ4n) is 0.316. The number of hydrogen-bond donors (Lipinski definition) is 1. The fraction of sp³-hybridized carbons (Fsp3) is 0.800. The van der Waals surface area contributed by atoms with E-state index >= 15 is 0 Å². The predicted molar refractivity (Wildman–Crippen MR) is 31.7 cm³/mol. The predicted octanol–water partition coefficient (Wildman–Crippen LogP) is -0.961. The molecule has 4 nitrogen and oxygen atoms in total. The number of ether oxygens (including phenoxy) is 1. The monoisotopic (exact) mass is 133 g/mol. The van der Waals surface area contributed by atoms with E-state index in [1.54, 1.807) is 14.1 Å². The van der Waals surface area contributed by atoms with Crippen LogP contribution in [-0.4, -0.2) is 43.4 Å². The summed E-state index contributed by atoms with van der Waals surface area (Å²) >= 11 is 0. The van der Waals surface area contributed by atoms with Crippen LogP contribution in [0.1, 0.15) is 0 Å². The fourth-order valence-corrected chi connectivity index (χ4v) is 0.316. The normalized spacial score (nSPS) is 13.4. The largest absolute Gasteiger partial charge is 0.466 e. The molecular formula is C5H11NO3. The van der Waals surface area contributed by atoms with Crippen LogP contribution >= 0.6 is 0 Å². The first kappa shape index (κ1) is 8.39. The maximum absolute atomic E-state index is 10.4. The second kappa shape index (κ2) is 3.42. The SMILES string of the molecule is COC(=O)C(O)N(C)C. The third-order valence-corrected chi connectivity index (χ3v) is 0.901. The molecule has 9 heavy (non-hydrogen) atoms. The maximum Gasteiger partial charge on any atom is 0.350 e. The zero-order valence-electron chi connectivity index (χ0n) is 5.79. The summed E-state index contributed by atoms with van der Waals surface area (Å²) in [4.78, 5) is 11.8. The van der Waals surface area contributed by atoms with Gasteiger partial charge in [0.2, 0.25) is 6.23 Å². The highest BCUT2D eigenvalue weighted by molar-refractivity contribution is 5.73. The second-order valence-corrected chi connectivity index (χ2v) is 1.86. The molecule has 0 aliphatic heterocycles. The van der Waals surface area contributed by atoms with Crippen LogP contribution < -0.4 is 0 Å². The van der Waals surface area contributed by atoms with Gasteiger partial charge in [0, 0.05) is 0 Å². The molecule has 0 fully saturated rings. The van der Waals surface area contributed by atoms with Gasteiger partial charge in [-0.3, -0.25) is 4.90 Å². The third kappa shape index (κ3) is 2.43. The summed E-state index contributed by atoms with van der Waals surface area (Å²) in [5.41, 5.74) is 0. The Morgan fingerprint density at radius 3 is 2.22 bits per heavy atom. The number of methoxy groups -OCH3 is 1. The topological polar surface area (TPSA) is 49.8 Å². The highest BCUT2D eigenvalue weighted by Crippen LogP contribution is 1.88. The lowest BCUT2D eigenvalue weighted by molar-refractivity contribution is -0.158. The van der Waals surface area contributed by atoms with Crippen LogP contribution in [0.5, 0.6) is 0 Å². The van der Waals surface area contributed by atoms with Crippen LogP contribution in [0.4, 0.5) is 0 Å². The Morgan fingerprint density at radius 2 is 2.11 bits per heavy atom. The quantitative estimate of drug-likeness (QED) is 0.389. The van der Waals surface area contributed by atoms with Crippen molar-refractivity contribution in [3.05, 3.63) is 0 Å². The number of hydrogen-bond acceptors (Lipinski definition) is 4. The number of rotatable bonds is 2. The molecule has 0 aromatic carbocycles. The lowest BCUT2D eigenvalue weighted by atomic mass is 10.5. The zero-order chi connectivity index (χ0) is 7.44. The van der Waals surface area contributed by atoms with E-state index in [0.29, 0.717) is 0 Å². The smallest absolute Gasteiger partial charge is 0.350 e. The van der Waals surface area contributed by atoms with Gasteiger partial charge in [-0.05, 0) is 14.1 Å². The molecule has 0 aromatic rings. The Balaban J connectivity index is 3.72. The number of nitrogens with zero attached hydrogens (tertiary/aromatic N) is 1. The third-order valence-electron chi connectivity index (χ3n) is 0.901. The summed E-state index contributed by atoms with van der Waals surface area (Å²) < 4.78 is 4.24. The molecule has 0 rings (SSSR count). The van der Waals surface area contributed by atoms with Crippen molar-refractivity contribution in [2.75, 3.05) is 21.2 Å². The van der Waals surface area contributed by atoms with E-state index in [0.717, 1.165) is 0 Å². The van der Waals surface area contributed by atoms with Gasteiger partial charge in [-0.1, -0.05) is 0 Å². The van der Waals surface area contributed by atoms with Crippen molar-refractivity contribution in [1.82, 2.24) is 4.90 Å². The number of esters is 1. The van der Waals surface area contributed by atoms with Crippen LogP contribution in [-0.2, 0) is 9.53 Å². The van der Waals surface area contributed by atoms with Crippen molar-refractivity contribution in [2.24, 2.45) is 0 Å². The van der Waals surface area contributed by atoms with Gasteiger partial charge in [0.1, 0.15) is 0 Å². The lowest BCUT2D eigenvalue weighted by Gasteiger charge is -2.14. The summed E-state index contributed by atoms with van der Waals surface area (Å²) in [6.45, 7) is 0. The molecule has 1 atom stereocenters. The second-order valence-electron chi connectivity index (χ2n) is 1.86. The van der Waals surface area contributed by atoms with Gasteiger partial charge < -0.3 is 9.84 Å². The van der Waals surface area contributed by atoms with E-state index in [-0.39, 0.29) is 0 Å². The Labute approximate surface area is 54.0 Å². The zero-order valence-corrected chi connectivity index (χ0v) is 5.79. The molecule has 54 valence electrons. The van der Waals surface area contributed by atoms with Gasteiger partial charge in [0.05, 0.1) is 7.11 Å². The van der Waals surface area contributed by atoms with Crippen LogP contribution in [0.2, 0.25) is 0 Å². The minimum absolute atomic E-state index is 0.639. The summed E-state index contributed by atoms with van der Waals surface area (Å²) in [7, 11) is 4.40. The Bertz CT molecular complexity index is 102. The molecule has 4 heteroatoms. The first-order valence-corrected chi connectivity index (χ1v) is 2.52. The van der Waals surface area contributed by atoms with Crippen LogP contribution in [0.3, 0.4) is 0 Å². The molecule has 0 spiro atoms. The molecule has 0 saturated carbocycles. The average molecular weight is 133 g/mol. The Morgan fingerprint density at radius 1 is 1.67 bits per heavy atom. The minimum Gasteiger partial charge on any atom is -0.466 e. The molecule has 0 aliphatic carbocycles. The van der Waals surface area contributed by atoms with E-state index in [2.05, 4.69) is 4.74 Å². The highest BCUT2D eigenvalue weighted by Gasteiger charge is 2.16. The highest BCUT2D eigenvalue weighted by atomic mass is 16.5. The average Bonchev–Trinajstić information content (AvgIpc) is 1.84. The van der Waals surface area contributed by atoms with E-state index in [1.165, 1.54) is 12.0 Å². The van der Waals surface area contributed by atoms with E-state index in [9.17, 15) is 4.79 Å². The molecule has 0 amide bonds. The molecule has 1 unspecified atom stereocenters. The van der Waals surface area contributed by atoms with E-state index < -0.39 is 12.2 Å². The van der Waals surface area contributed by atoms with E-state index in [1.807, 2.05) is 0 Å². The lowest BCUT2D eigenvalue weighted by Crippen LogP contribution is -2.36. The Hall–Kier alpha value is -0.610.